The smallest absolute Gasteiger partial charge is 0.349 e. The molecular weight excluding hydrogens is 1790 g/mol. The van der Waals surface area contributed by atoms with Crippen LogP contribution < -0.4 is 4.74 Å². The molecule has 3 spiro atoms. The standard InChI is InChI=1S/C40H58O9Si.C31H58O8Si2.C25H44O8Si.C5H10O2.CH3F/c1-26-21-40(22-27(2)37-32(47-40)19-31-34(46-37)25-45-50(49-31,38(3,4)5)39(6,7)8)48-33(20-35(41)43-23-28-13-11-10-12-14-28)36(26)44-24-29-15-17-30(42-9)18-16-29;1-12-40(13-2,14-3)39-28-21(5)18-31(37-24(28)16-26(32)33)17-20(4)27-23(36-31)15-22-25(35-27)19-34-41(38-22,29(6,7)8)30(9,10)11;1-14-11-25(31-17(21(14)28)10-20(26)27)12-15(2)22-18(32-25)9-16-19(30-22)13-29-34(33-16,23(3,4)5)24(6,7)8;1-4(2)7-5(3)6;1-2/h10-18,26-27,31-34,36-37H,19-25H2,1-9H3;20-25,27-28H,12-19H2,1-11H3,(H,32,33);14-19,21-22,28H,9-13H2,1-8H3,(H,26,27);4H,1-3H3;1H3/t26-,27-,31+,32-,33-,34+,36-,37-,40-;20-,21-,22+,23-,24-,25+,27-,28-,31+;14-,15-,16+,17-,18-,19+,21-,22-,25+;;/m000../s1/i;;;;1D. The van der Waals surface area contributed by atoms with E-state index in [2.05, 4.69) is 185 Å². The Bertz CT molecular complexity index is 4080. The monoisotopic (exact) mass is 1960 g/mol. The van der Waals surface area contributed by atoms with Crippen LogP contribution in [0.15, 0.2) is 54.6 Å². The Morgan fingerprint density at radius 3 is 1.14 bits per heavy atom. The predicted octanol–water partition coefficient (Wildman–Crippen LogP) is 20.4. The van der Waals surface area contributed by atoms with E-state index in [1.165, 1.54) is 6.92 Å². The van der Waals surface area contributed by atoms with Gasteiger partial charge in [0.15, 0.2) is 25.7 Å². The lowest BCUT2D eigenvalue weighted by atomic mass is 9.78. The maximum atomic E-state index is 13.4. The second kappa shape index (κ2) is 44.2. The third kappa shape index (κ3) is 25.1. The minimum Gasteiger partial charge on any atom is -0.497 e. The summed E-state index contributed by atoms with van der Waals surface area (Å²) in [4.78, 5) is 46.8. The van der Waals surface area contributed by atoms with E-state index in [0.29, 0.717) is 77.8 Å². The topological polar surface area (TPSA) is 314 Å². The lowest BCUT2D eigenvalue weighted by Gasteiger charge is -2.60. The molecule has 766 valence electrons. The fourth-order valence-corrected chi connectivity index (χ4v) is 42.6. The normalized spacial score (nSPS) is 36.8. The van der Waals surface area contributed by atoms with Crippen LogP contribution in [0.4, 0.5) is 4.39 Å². The van der Waals surface area contributed by atoms with E-state index < -0.39 is 94.9 Å². The molecule has 0 radical (unpaired) electrons. The highest BCUT2D eigenvalue weighted by atomic mass is 28.4. The number of hydrogen-bond donors (Lipinski definition) is 3. The first-order valence-electron chi connectivity index (χ1n) is 50.6. The number of carbonyl (C=O) groups excluding carboxylic acids is 2. The van der Waals surface area contributed by atoms with Gasteiger partial charge in [0, 0.05) is 94.9 Å². The molecule has 12 saturated heterocycles. The second-order valence-corrected chi connectivity index (χ2v) is 66.3. The zero-order chi connectivity index (χ0) is 100. The number of methoxy groups -OCH3 is 1. The number of carboxylic acids is 2. The van der Waals surface area contributed by atoms with Crippen LogP contribution in [0.5, 0.6) is 5.75 Å². The van der Waals surface area contributed by atoms with Crippen LogP contribution in [-0.2, 0) is 120 Å². The van der Waals surface area contributed by atoms with Gasteiger partial charge in [0.2, 0.25) is 0 Å². The Hall–Kier alpha value is -3.80. The van der Waals surface area contributed by atoms with Gasteiger partial charge in [-0.25, -0.2) is 0 Å². The van der Waals surface area contributed by atoms with Crippen molar-refractivity contribution in [2.45, 2.75) is 480 Å². The van der Waals surface area contributed by atoms with E-state index >= 15 is 0 Å². The summed E-state index contributed by atoms with van der Waals surface area (Å²) >= 11 is 0. The summed E-state index contributed by atoms with van der Waals surface area (Å²) in [5.41, 5.74) is 1.96. The van der Waals surface area contributed by atoms with Gasteiger partial charge in [-0.2, -0.15) is 0 Å². The lowest BCUT2D eigenvalue weighted by Crippen LogP contribution is -2.69. The van der Waals surface area contributed by atoms with Gasteiger partial charge in [-0.1, -0.05) is 229 Å². The zero-order valence-electron chi connectivity index (χ0n) is 88.0. The molecule has 0 bridgehead atoms. The van der Waals surface area contributed by atoms with E-state index in [9.17, 15) is 38.9 Å². The van der Waals surface area contributed by atoms with Gasteiger partial charge in [0.25, 0.3) is 0 Å². The number of esters is 2. The van der Waals surface area contributed by atoms with Crippen LogP contribution in [0.3, 0.4) is 0 Å². The first-order chi connectivity index (χ1) is 62.7. The van der Waals surface area contributed by atoms with Crippen LogP contribution in [0.1, 0.15) is 297 Å². The van der Waals surface area contributed by atoms with Crippen molar-refractivity contribution < 1.29 is 133 Å². The molecule has 27 nitrogen and oxygen atoms in total. The molecule has 0 aliphatic carbocycles. The van der Waals surface area contributed by atoms with Crippen LogP contribution >= 0.6 is 0 Å². The SMILES string of the molecule is CC(=O)OC(C)C.CC[Si](CC)(CC)O[C@@H]1[C@H](CC(=O)O)O[C@]2(C[C@H](C)[C@@H]3O[C@@H]4CO[Si](C(C)(C)C)(C(C)(C)C)O[C@@H]4C[C@@H]3O2)C[C@@H]1C.COc1ccc(CO[C@@H]2[C@H](CC(=O)OCc3ccccc3)O[C@@]3(C[C@@H]2C)C[C@H](C)[C@@H]2O[C@@H]4CO[Si](C(C)(C)C)(C(C)(C)C)O[C@@H]4C[C@@H]2O3)cc1.C[C@H]1C[C@@]2(C[C@H](C)[C@@H]3O[C@@H]4CO[Si](C(C)(C)C)(C(C)(C)C)O[C@@H]4C[C@@H]3O2)O[C@@H](CC(=O)O)[C@H]1O.[2H]CF. The summed E-state index contributed by atoms with van der Waals surface area (Å²) in [6.07, 6.45) is 0.790. The summed E-state index contributed by atoms with van der Waals surface area (Å²) in [6, 6.07) is 20.6. The van der Waals surface area contributed by atoms with E-state index in [4.69, 9.17) is 89.2 Å². The van der Waals surface area contributed by atoms with Crippen LogP contribution in [0.2, 0.25) is 48.4 Å². The van der Waals surface area contributed by atoms with E-state index in [1.54, 1.807) is 7.11 Å². The number of alkyl halides is 1. The Kier molecular flexibility index (Phi) is 36.5. The molecule has 12 fully saturated rings. The number of aliphatic hydroxyl groups excluding tert-OH is 1. The molecule has 14 rings (SSSR count). The minimum atomic E-state index is -2.68. The molecule has 134 heavy (non-hydrogen) atoms. The first kappa shape index (κ1) is 111. The van der Waals surface area contributed by atoms with Crippen LogP contribution in [0, 0.1) is 35.5 Å². The molecule has 2 aromatic rings. The van der Waals surface area contributed by atoms with Gasteiger partial charge in [-0.3, -0.25) is 23.6 Å². The summed E-state index contributed by atoms with van der Waals surface area (Å²) in [5, 5.41) is 29.1. The number of fused-ring (bicyclic) bond motifs is 6. The first-order valence-corrected chi connectivity index (χ1v) is 57.9. The number of ether oxygens (including phenoxy) is 13. The molecule has 32 heteroatoms. The van der Waals surface area contributed by atoms with Gasteiger partial charge in [-0.05, 0) is 90.7 Å². The number of rotatable bonds is 18. The molecule has 0 unspecified atom stereocenters. The van der Waals surface area contributed by atoms with Gasteiger partial charge < -0.3 is 108 Å². The summed E-state index contributed by atoms with van der Waals surface area (Å²) < 4.78 is 146. The molecule has 12 heterocycles. The average Bonchev–Trinajstić information content (AvgIpc) is 0.726. The fourth-order valence-electron chi connectivity index (χ4n) is 24.7. The molecule has 3 N–H and O–H groups in total. The van der Waals surface area contributed by atoms with Crippen molar-refractivity contribution in [1.82, 2.24) is 0 Å². The number of aliphatic hydroxyl groups is 1. The molecule has 0 saturated carbocycles. The lowest BCUT2D eigenvalue weighted by molar-refractivity contribution is -0.379. The van der Waals surface area contributed by atoms with Crippen molar-refractivity contribution in [3.63, 3.8) is 0 Å². The molecule has 12 aliphatic heterocycles. The van der Waals surface area contributed by atoms with Gasteiger partial charge in [-0.15, -0.1) is 0 Å². The number of carbonyl (C=O) groups is 4. The number of aliphatic carboxylic acids is 2. The van der Waals surface area contributed by atoms with Crippen molar-refractivity contribution in [3.8, 4) is 5.75 Å². The van der Waals surface area contributed by atoms with Gasteiger partial charge >= 0.3 is 49.6 Å². The van der Waals surface area contributed by atoms with Crippen molar-refractivity contribution in [2.24, 2.45) is 35.5 Å². The fraction of sp³-hybridized carbons (Fsp3) is 0.843. The van der Waals surface area contributed by atoms with Crippen molar-refractivity contribution in [2.75, 3.05) is 34.1 Å². The number of halogens is 1. The Labute approximate surface area is 807 Å². The van der Waals surface area contributed by atoms with Crippen molar-refractivity contribution in [1.29, 1.82) is 0 Å². The molecule has 12 aliphatic rings. The summed E-state index contributed by atoms with van der Waals surface area (Å²) in [5.74, 6) is -3.69. The highest BCUT2D eigenvalue weighted by molar-refractivity contribution is 6.75. The quantitative estimate of drug-likeness (QED) is 0.0922. The van der Waals surface area contributed by atoms with Crippen molar-refractivity contribution >= 4 is 57.9 Å². The van der Waals surface area contributed by atoms with Gasteiger partial charge in [0.05, 0.1) is 159 Å². The van der Waals surface area contributed by atoms with Crippen molar-refractivity contribution in [3.05, 3.63) is 65.7 Å². The minimum absolute atomic E-state index is 0.0255. The van der Waals surface area contributed by atoms with E-state index in [-0.39, 0.29) is 195 Å². The number of hydrogen-bond acceptors (Lipinski definition) is 25. The third-order valence-corrected chi connectivity index (χ3v) is 50.3. The molecule has 0 aromatic heterocycles. The molecule has 27 atom stereocenters. The third-order valence-electron chi connectivity index (χ3n) is 30.1. The Balaban J connectivity index is 0.000000202. The highest BCUT2D eigenvalue weighted by Gasteiger charge is 2.69. The van der Waals surface area contributed by atoms with Crippen LogP contribution in [-0.4, -0.2) is 241 Å². The summed E-state index contributed by atoms with van der Waals surface area (Å²) in [6.45, 7) is 66.8. The van der Waals surface area contributed by atoms with E-state index in [0.717, 1.165) is 41.4 Å². The maximum Gasteiger partial charge on any atom is 0.349 e. The Morgan fingerprint density at radius 1 is 0.470 bits per heavy atom. The molecule has 2 aromatic carbocycles. The number of benzene rings is 2. The second-order valence-electron chi connectivity index (χ2n) is 47.3. The molecule has 0 amide bonds. The Morgan fingerprint density at radius 2 is 0.806 bits per heavy atom. The molecular formula is C102H173FO27Si4. The van der Waals surface area contributed by atoms with E-state index in [1.807, 2.05) is 75.4 Å². The predicted molar refractivity (Wildman–Crippen MR) is 517 cm³/mol. The zero-order valence-corrected chi connectivity index (χ0v) is 91.0. The average molecular weight is 1960 g/mol. The highest BCUT2D eigenvalue weighted by Crippen LogP contribution is 2.62. The largest absolute Gasteiger partial charge is 0.497 e. The number of carboxylic acid groups (broad SMARTS) is 2. The van der Waals surface area contributed by atoms with Gasteiger partial charge in [0.1, 0.15) is 30.7 Å². The van der Waals surface area contributed by atoms with Crippen LogP contribution in [0.25, 0.3) is 0 Å². The maximum absolute atomic E-state index is 13.4. The summed E-state index contributed by atoms with van der Waals surface area (Å²) in [7, 11) is -9.27.